The van der Waals surface area contributed by atoms with E-state index in [0.29, 0.717) is 18.0 Å². The molecule has 1 aromatic carbocycles. The summed E-state index contributed by atoms with van der Waals surface area (Å²) in [4.78, 5) is 0. The highest BCUT2D eigenvalue weighted by molar-refractivity contribution is 6.30. The first-order valence-corrected chi connectivity index (χ1v) is 8.42. The highest BCUT2D eigenvalue weighted by Gasteiger charge is 2.32. The first-order valence-electron chi connectivity index (χ1n) is 8.04. The topological polar surface area (TPSA) is 55.6 Å². The highest BCUT2D eigenvalue weighted by Crippen LogP contribution is 2.37. The monoisotopic (exact) mass is 317 g/mol. The number of hydrogen-bond acceptors (Lipinski definition) is 4. The van der Waals surface area contributed by atoms with Crippen LogP contribution in [0.4, 0.5) is 0 Å². The summed E-state index contributed by atoms with van der Waals surface area (Å²) in [7, 11) is 0. The standard InChI is InChI=1S/C16H20ClN5/c17-13-3-1-11(2-4-13)12-9-15(10-12)18-14-5-6-16-19-20-21-22(16)8-7-14/h1-4,12,14-15,18H,5-10H2. The van der Waals surface area contributed by atoms with Gasteiger partial charge in [-0.05, 0) is 59.7 Å². The van der Waals surface area contributed by atoms with E-state index in [4.69, 9.17) is 11.6 Å². The number of rotatable bonds is 3. The second-order valence-electron chi connectivity index (χ2n) is 6.43. The van der Waals surface area contributed by atoms with Gasteiger partial charge in [0.05, 0.1) is 0 Å². The fourth-order valence-corrected chi connectivity index (χ4v) is 3.69. The fraction of sp³-hybridized carbons (Fsp3) is 0.562. The number of tetrazole rings is 1. The van der Waals surface area contributed by atoms with Crippen molar-refractivity contribution in [3.63, 3.8) is 0 Å². The van der Waals surface area contributed by atoms with Crippen molar-refractivity contribution in [1.29, 1.82) is 0 Å². The Labute approximate surface area is 135 Å². The maximum atomic E-state index is 5.95. The van der Waals surface area contributed by atoms with Crippen LogP contribution in [0.2, 0.25) is 5.02 Å². The summed E-state index contributed by atoms with van der Waals surface area (Å²) >= 11 is 5.95. The van der Waals surface area contributed by atoms with Gasteiger partial charge in [-0.3, -0.25) is 0 Å². The third kappa shape index (κ3) is 2.88. The van der Waals surface area contributed by atoms with E-state index in [1.54, 1.807) is 0 Å². The maximum Gasteiger partial charge on any atom is 0.151 e. The van der Waals surface area contributed by atoms with E-state index in [2.05, 4.69) is 33.0 Å². The first-order chi connectivity index (χ1) is 10.8. The van der Waals surface area contributed by atoms with Crippen LogP contribution in [0.25, 0.3) is 0 Å². The van der Waals surface area contributed by atoms with Gasteiger partial charge in [0.15, 0.2) is 5.82 Å². The number of nitrogens with one attached hydrogen (secondary N) is 1. The number of hydrogen-bond donors (Lipinski definition) is 1. The van der Waals surface area contributed by atoms with Crippen molar-refractivity contribution < 1.29 is 0 Å². The molecule has 2 aliphatic rings. The van der Waals surface area contributed by atoms with Crippen LogP contribution >= 0.6 is 11.6 Å². The Bertz CT molecular complexity index is 610. The van der Waals surface area contributed by atoms with E-state index < -0.39 is 0 Å². The van der Waals surface area contributed by atoms with Gasteiger partial charge in [-0.2, -0.15) is 0 Å². The largest absolute Gasteiger partial charge is 0.311 e. The van der Waals surface area contributed by atoms with Crippen molar-refractivity contribution in [2.24, 2.45) is 0 Å². The van der Waals surface area contributed by atoms with E-state index >= 15 is 0 Å². The quantitative estimate of drug-likeness (QED) is 0.945. The lowest BCUT2D eigenvalue weighted by Gasteiger charge is -2.38. The van der Waals surface area contributed by atoms with Crippen LogP contribution < -0.4 is 5.32 Å². The Morgan fingerprint density at radius 1 is 1.09 bits per heavy atom. The second-order valence-corrected chi connectivity index (χ2v) is 6.86. The molecule has 4 rings (SSSR count). The summed E-state index contributed by atoms with van der Waals surface area (Å²) in [6, 6.07) is 9.51. The van der Waals surface area contributed by atoms with Crippen LogP contribution in [0.1, 0.15) is 43.0 Å². The molecule has 1 aromatic heterocycles. The number of fused-ring (bicyclic) bond motifs is 1. The average molecular weight is 318 g/mol. The van der Waals surface area contributed by atoms with Crippen LogP contribution in [0.3, 0.4) is 0 Å². The number of benzene rings is 1. The molecule has 1 saturated carbocycles. The van der Waals surface area contributed by atoms with Gasteiger partial charge in [0.1, 0.15) is 0 Å². The van der Waals surface area contributed by atoms with Crippen LogP contribution in [0.5, 0.6) is 0 Å². The van der Waals surface area contributed by atoms with Crippen LogP contribution in [0, 0.1) is 0 Å². The van der Waals surface area contributed by atoms with Crippen LogP contribution in [-0.2, 0) is 13.0 Å². The van der Waals surface area contributed by atoms with E-state index in [0.717, 1.165) is 36.7 Å². The number of nitrogens with zero attached hydrogens (tertiary/aromatic N) is 4. The molecular weight excluding hydrogens is 298 g/mol. The Morgan fingerprint density at radius 3 is 2.73 bits per heavy atom. The number of aromatic nitrogens is 4. The van der Waals surface area contributed by atoms with Gasteiger partial charge in [0, 0.05) is 30.1 Å². The third-order valence-electron chi connectivity index (χ3n) is 4.96. The highest BCUT2D eigenvalue weighted by atomic mass is 35.5. The summed E-state index contributed by atoms with van der Waals surface area (Å²) < 4.78 is 1.94. The summed E-state index contributed by atoms with van der Waals surface area (Å²) in [5, 5.41) is 16.5. The van der Waals surface area contributed by atoms with Gasteiger partial charge >= 0.3 is 0 Å². The minimum absolute atomic E-state index is 0.569. The predicted molar refractivity (Wildman–Crippen MR) is 84.9 cm³/mol. The molecule has 0 amide bonds. The minimum Gasteiger partial charge on any atom is -0.311 e. The van der Waals surface area contributed by atoms with Crippen molar-refractivity contribution in [2.75, 3.05) is 0 Å². The molecule has 2 aromatic rings. The molecule has 1 atom stereocenters. The van der Waals surface area contributed by atoms with E-state index in [-0.39, 0.29) is 0 Å². The molecule has 1 N–H and O–H groups in total. The summed E-state index contributed by atoms with van der Waals surface area (Å²) in [5.74, 6) is 1.71. The Hall–Kier alpha value is -1.46. The molecule has 5 nitrogen and oxygen atoms in total. The molecule has 1 aliphatic heterocycles. The molecule has 0 saturated heterocycles. The molecule has 116 valence electrons. The molecule has 1 aliphatic carbocycles. The van der Waals surface area contributed by atoms with Crippen molar-refractivity contribution in [2.45, 2.75) is 56.7 Å². The lowest BCUT2D eigenvalue weighted by atomic mass is 9.75. The molecule has 0 radical (unpaired) electrons. The fourth-order valence-electron chi connectivity index (χ4n) is 3.56. The normalized spacial score (nSPS) is 27.8. The Balaban J connectivity index is 1.28. The number of aryl methyl sites for hydroxylation is 2. The maximum absolute atomic E-state index is 5.95. The lowest BCUT2D eigenvalue weighted by molar-refractivity contribution is 0.252. The molecule has 6 heteroatoms. The summed E-state index contributed by atoms with van der Waals surface area (Å²) in [6.07, 6.45) is 5.66. The molecule has 22 heavy (non-hydrogen) atoms. The second kappa shape index (κ2) is 5.97. The molecule has 1 fully saturated rings. The van der Waals surface area contributed by atoms with Crippen molar-refractivity contribution >= 4 is 11.6 Å². The molecule has 1 unspecified atom stereocenters. The van der Waals surface area contributed by atoms with E-state index in [1.165, 1.54) is 18.4 Å². The minimum atomic E-state index is 0.569. The lowest BCUT2D eigenvalue weighted by Crippen LogP contribution is -2.45. The smallest absolute Gasteiger partial charge is 0.151 e. The van der Waals surface area contributed by atoms with Crippen molar-refractivity contribution in [1.82, 2.24) is 25.5 Å². The molecule has 2 heterocycles. The Morgan fingerprint density at radius 2 is 1.91 bits per heavy atom. The summed E-state index contributed by atoms with van der Waals surface area (Å²) in [5.41, 5.74) is 1.42. The van der Waals surface area contributed by atoms with Crippen LogP contribution in [0.15, 0.2) is 24.3 Å². The van der Waals surface area contributed by atoms with Gasteiger partial charge in [0.25, 0.3) is 0 Å². The zero-order valence-electron chi connectivity index (χ0n) is 12.5. The van der Waals surface area contributed by atoms with Gasteiger partial charge in [0.2, 0.25) is 0 Å². The molecule has 0 bridgehead atoms. The van der Waals surface area contributed by atoms with Gasteiger partial charge in [-0.1, -0.05) is 23.7 Å². The van der Waals surface area contributed by atoms with Gasteiger partial charge in [-0.15, -0.1) is 5.10 Å². The van der Waals surface area contributed by atoms with E-state index in [9.17, 15) is 0 Å². The number of halogens is 1. The molecule has 0 spiro atoms. The van der Waals surface area contributed by atoms with Crippen LogP contribution in [-0.4, -0.2) is 32.3 Å². The predicted octanol–water partition coefficient (Wildman–Crippen LogP) is 2.57. The SMILES string of the molecule is Clc1ccc(C2CC(NC3CCc4nnnn4CC3)C2)cc1. The zero-order chi connectivity index (χ0) is 14.9. The first kappa shape index (κ1) is 14.2. The third-order valence-corrected chi connectivity index (χ3v) is 5.21. The average Bonchev–Trinajstić information content (AvgIpc) is 2.85. The van der Waals surface area contributed by atoms with E-state index in [1.807, 2.05) is 16.8 Å². The van der Waals surface area contributed by atoms with Crippen molar-refractivity contribution in [3.8, 4) is 0 Å². The van der Waals surface area contributed by atoms with Gasteiger partial charge < -0.3 is 5.32 Å². The molecular formula is C16H20ClN5. The Kier molecular flexibility index (Phi) is 3.84. The van der Waals surface area contributed by atoms with Crippen molar-refractivity contribution in [3.05, 3.63) is 40.7 Å². The summed E-state index contributed by atoms with van der Waals surface area (Å²) in [6.45, 7) is 0.924. The van der Waals surface area contributed by atoms with Gasteiger partial charge in [-0.25, -0.2) is 4.68 Å². The zero-order valence-corrected chi connectivity index (χ0v) is 13.2.